The zero-order valence-electron chi connectivity index (χ0n) is 21.2. The molecule has 0 unspecified atom stereocenters. The van der Waals surface area contributed by atoms with Crippen LogP contribution in [0.2, 0.25) is 5.02 Å². The number of rotatable bonds is 2. The van der Waals surface area contributed by atoms with Gasteiger partial charge in [-0.3, -0.25) is 0 Å². The molecule has 0 radical (unpaired) electrons. The van der Waals surface area contributed by atoms with Crippen molar-refractivity contribution < 1.29 is 22.7 Å². The number of nitrogens with two attached hydrogens (primary N) is 1. The lowest BCUT2D eigenvalue weighted by Gasteiger charge is -2.36. The number of benzene rings is 1. The number of alkyl halides is 3. The number of carbonyl (C=O) groups excluding carboxylic acids is 1. The van der Waals surface area contributed by atoms with Gasteiger partial charge < -0.3 is 20.3 Å². The lowest BCUT2D eigenvalue weighted by Crippen LogP contribution is -2.50. The Balaban J connectivity index is 1.73. The third kappa shape index (κ3) is 5.66. The molecular weight excluding hydrogens is 509 g/mol. The highest BCUT2D eigenvalue weighted by Crippen LogP contribution is 2.42. The summed E-state index contributed by atoms with van der Waals surface area (Å²) < 4.78 is 47.2. The van der Waals surface area contributed by atoms with Crippen LogP contribution >= 0.6 is 11.6 Å². The molecule has 0 atom stereocenters. The zero-order valence-corrected chi connectivity index (χ0v) is 22.0. The number of nitrogen functional groups attached to an aromatic ring is 1. The molecule has 8 nitrogen and oxygen atoms in total. The molecule has 2 N–H and O–H groups in total. The van der Waals surface area contributed by atoms with Gasteiger partial charge in [-0.25, -0.2) is 19.7 Å². The maximum absolute atomic E-state index is 13.9. The monoisotopic (exact) mass is 536 g/mol. The van der Waals surface area contributed by atoms with E-state index in [1.54, 1.807) is 17.9 Å². The van der Waals surface area contributed by atoms with Gasteiger partial charge in [0.15, 0.2) is 0 Å². The highest BCUT2D eigenvalue weighted by atomic mass is 35.5. The van der Waals surface area contributed by atoms with Crippen molar-refractivity contribution in [2.24, 2.45) is 0 Å². The van der Waals surface area contributed by atoms with Gasteiger partial charge in [-0.1, -0.05) is 11.6 Å². The van der Waals surface area contributed by atoms with Gasteiger partial charge >= 0.3 is 12.3 Å². The second-order valence-electron chi connectivity index (χ2n) is 9.98. The van der Waals surface area contributed by atoms with Crippen LogP contribution in [0.5, 0.6) is 0 Å². The third-order valence-corrected chi connectivity index (χ3v) is 6.19. The predicted molar refractivity (Wildman–Crippen MR) is 137 cm³/mol. The number of amides is 1. The molecule has 198 valence electrons. The molecule has 4 rings (SSSR count). The van der Waals surface area contributed by atoms with Crippen LogP contribution < -0.4 is 10.6 Å². The Morgan fingerprint density at radius 3 is 2.27 bits per heavy atom. The lowest BCUT2D eigenvalue weighted by atomic mass is 9.99. The Morgan fingerprint density at radius 2 is 1.68 bits per heavy atom. The van der Waals surface area contributed by atoms with Gasteiger partial charge in [0, 0.05) is 37.1 Å². The summed E-state index contributed by atoms with van der Waals surface area (Å²) in [5, 5.41) is 0.649. The lowest BCUT2D eigenvalue weighted by molar-refractivity contribution is -0.137. The normalized spacial score (nSPS) is 14.8. The molecule has 1 aromatic carbocycles. The molecule has 1 amide bonds. The molecule has 0 bridgehead atoms. The van der Waals surface area contributed by atoms with Crippen LogP contribution in [0.1, 0.15) is 37.7 Å². The highest BCUT2D eigenvalue weighted by Gasteiger charge is 2.37. The molecule has 3 aromatic rings. The van der Waals surface area contributed by atoms with Crippen LogP contribution in [0.25, 0.3) is 22.2 Å². The molecule has 1 fully saturated rings. The molecule has 0 aliphatic carbocycles. The molecule has 1 saturated heterocycles. The van der Waals surface area contributed by atoms with Crippen LogP contribution in [-0.4, -0.2) is 57.7 Å². The van der Waals surface area contributed by atoms with E-state index in [4.69, 9.17) is 22.1 Å². The number of halogens is 4. The van der Waals surface area contributed by atoms with Crippen LogP contribution in [0.15, 0.2) is 18.2 Å². The van der Waals surface area contributed by atoms with Crippen LogP contribution in [0.3, 0.4) is 0 Å². The van der Waals surface area contributed by atoms with Gasteiger partial charge in [0.2, 0.25) is 0 Å². The van der Waals surface area contributed by atoms with Crippen LogP contribution in [-0.2, 0) is 10.9 Å². The summed E-state index contributed by atoms with van der Waals surface area (Å²) in [5.74, 6) is 0.990. The van der Waals surface area contributed by atoms with Crippen molar-refractivity contribution in [3.63, 3.8) is 0 Å². The molecule has 0 spiro atoms. The molecule has 2 aromatic heterocycles. The largest absolute Gasteiger partial charge is 0.444 e. The molecule has 37 heavy (non-hydrogen) atoms. The van der Waals surface area contributed by atoms with Crippen molar-refractivity contribution in [2.75, 3.05) is 36.8 Å². The predicted octanol–water partition coefficient (Wildman–Crippen LogP) is 5.62. The standard InChI is InChI=1S/C25H28ClF3N6O2/c1-13-10-19(30)33-21(20(13)25(27,28)29)15-12-18-16(11-17(15)26)22(32-14(2)31-18)34-6-8-35(9-7-34)23(36)37-24(3,4)5/h10-12H,6-9H2,1-5H3,(H2,30,33). The van der Waals surface area contributed by atoms with E-state index in [0.717, 1.165) is 0 Å². The first-order valence-corrected chi connectivity index (χ1v) is 12.1. The van der Waals surface area contributed by atoms with Gasteiger partial charge in [0.25, 0.3) is 0 Å². The number of carbonyl (C=O) groups is 1. The Labute approximate surface area is 217 Å². The molecule has 1 aliphatic heterocycles. The first-order valence-electron chi connectivity index (χ1n) is 11.7. The maximum Gasteiger partial charge on any atom is 0.418 e. The van der Waals surface area contributed by atoms with Crippen molar-refractivity contribution in [1.29, 1.82) is 0 Å². The summed E-state index contributed by atoms with van der Waals surface area (Å²) in [6, 6.07) is 4.23. The summed E-state index contributed by atoms with van der Waals surface area (Å²) >= 11 is 6.55. The van der Waals surface area contributed by atoms with Gasteiger partial charge in [-0.2, -0.15) is 13.2 Å². The van der Waals surface area contributed by atoms with Crippen molar-refractivity contribution >= 4 is 40.2 Å². The van der Waals surface area contributed by atoms with E-state index in [1.807, 2.05) is 25.7 Å². The summed E-state index contributed by atoms with van der Waals surface area (Å²) in [6.07, 6.45) is -5.03. The van der Waals surface area contributed by atoms with Crippen LogP contribution in [0.4, 0.5) is 29.6 Å². The number of pyridine rings is 1. The Hall–Kier alpha value is -3.34. The van der Waals surface area contributed by atoms with Crippen molar-refractivity contribution in [2.45, 2.75) is 46.4 Å². The maximum atomic E-state index is 13.9. The minimum Gasteiger partial charge on any atom is -0.444 e. The van der Waals surface area contributed by atoms with E-state index in [9.17, 15) is 18.0 Å². The minimum absolute atomic E-state index is 0.0425. The van der Waals surface area contributed by atoms with Crippen molar-refractivity contribution in [3.05, 3.63) is 40.2 Å². The fourth-order valence-electron chi connectivity index (χ4n) is 4.35. The molecule has 3 heterocycles. The van der Waals surface area contributed by atoms with Gasteiger partial charge in [-0.15, -0.1) is 0 Å². The number of hydrogen-bond donors (Lipinski definition) is 1. The molecule has 1 aliphatic rings. The van der Waals surface area contributed by atoms with E-state index in [0.29, 0.717) is 48.7 Å². The van der Waals surface area contributed by atoms with E-state index >= 15 is 0 Å². The number of fused-ring (bicyclic) bond motifs is 1. The Bertz CT molecular complexity index is 1370. The van der Waals surface area contributed by atoms with Gasteiger partial charge in [0.05, 0.1) is 21.8 Å². The average molecular weight is 537 g/mol. The summed E-state index contributed by atoms with van der Waals surface area (Å²) in [5.41, 5.74) is 4.41. The smallest absolute Gasteiger partial charge is 0.418 e. The first kappa shape index (κ1) is 26.7. The number of aromatic nitrogens is 3. The second-order valence-corrected chi connectivity index (χ2v) is 10.4. The summed E-state index contributed by atoms with van der Waals surface area (Å²) in [6.45, 7) is 10.3. The Kier molecular flexibility index (Phi) is 6.87. The van der Waals surface area contributed by atoms with E-state index in [1.165, 1.54) is 19.1 Å². The molecular formula is C25H28ClF3N6O2. The van der Waals surface area contributed by atoms with E-state index < -0.39 is 17.3 Å². The van der Waals surface area contributed by atoms with E-state index in [2.05, 4.69) is 15.0 Å². The van der Waals surface area contributed by atoms with Gasteiger partial charge in [0.1, 0.15) is 23.1 Å². The van der Waals surface area contributed by atoms with Crippen molar-refractivity contribution in [3.8, 4) is 11.3 Å². The second kappa shape index (κ2) is 9.51. The number of hydrogen-bond acceptors (Lipinski definition) is 7. The number of ether oxygens (including phenoxy) is 1. The quantitative estimate of drug-likeness (QED) is 0.454. The zero-order chi connectivity index (χ0) is 27.3. The summed E-state index contributed by atoms with van der Waals surface area (Å²) in [7, 11) is 0. The number of nitrogens with zero attached hydrogens (tertiary/aromatic N) is 5. The molecule has 12 heteroatoms. The first-order chi connectivity index (χ1) is 17.1. The van der Waals surface area contributed by atoms with Gasteiger partial charge in [-0.05, 0) is 58.4 Å². The number of piperazine rings is 1. The minimum atomic E-state index is -4.65. The third-order valence-electron chi connectivity index (χ3n) is 5.88. The Morgan fingerprint density at radius 1 is 1.03 bits per heavy atom. The molecule has 0 saturated carbocycles. The van der Waals surface area contributed by atoms with E-state index in [-0.39, 0.29) is 33.8 Å². The number of aryl methyl sites for hydroxylation is 2. The number of anilines is 2. The topological polar surface area (TPSA) is 97.5 Å². The SMILES string of the molecule is Cc1nc(N2CCN(C(=O)OC(C)(C)C)CC2)c2cc(Cl)c(-c3nc(N)cc(C)c3C(F)(F)F)cc2n1. The average Bonchev–Trinajstić information content (AvgIpc) is 2.76. The highest BCUT2D eigenvalue weighted by molar-refractivity contribution is 6.34. The summed E-state index contributed by atoms with van der Waals surface area (Å²) in [4.78, 5) is 29.1. The van der Waals surface area contributed by atoms with Crippen molar-refractivity contribution in [1.82, 2.24) is 19.9 Å². The fraction of sp³-hybridized carbons (Fsp3) is 0.440. The fourth-order valence-corrected chi connectivity index (χ4v) is 4.60. The van der Waals surface area contributed by atoms with Crippen LogP contribution in [0, 0.1) is 13.8 Å².